The first-order valence-corrected chi connectivity index (χ1v) is 9.05. The third-order valence-electron chi connectivity index (χ3n) is 4.19. The second kappa shape index (κ2) is 9.80. The normalized spacial score (nSPS) is 10.5. The summed E-state index contributed by atoms with van der Waals surface area (Å²) in [6.07, 6.45) is 1.32. The highest BCUT2D eigenvalue weighted by Gasteiger charge is 2.19. The zero-order valence-corrected chi connectivity index (χ0v) is 16.6. The van der Waals surface area contributed by atoms with Gasteiger partial charge in [-0.2, -0.15) is 5.10 Å². The van der Waals surface area contributed by atoms with Gasteiger partial charge in [-0.1, -0.05) is 0 Å². The minimum atomic E-state index is -0.753. The Hall–Kier alpha value is -4.80. The number of nitrogens with one attached hydrogen (secondary N) is 1. The Morgan fingerprint density at radius 2 is 1.66 bits per heavy atom. The molecule has 11 nitrogen and oxygen atoms in total. The van der Waals surface area contributed by atoms with Crippen molar-refractivity contribution in [1.82, 2.24) is 0 Å². The number of nitrogens with zero attached hydrogens (tertiary/aromatic N) is 3. The molecular weight excluding hydrogens is 420 g/mol. The molecule has 0 heterocycles. The highest BCUT2D eigenvalue weighted by Crippen LogP contribution is 2.28. The van der Waals surface area contributed by atoms with Crippen LogP contribution in [0.3, 0.4) is 0 Å². The summed E-state index contributed by atoms with van der Waals surface area (Å²) < 4.78 is 10.2. The molecule has 11 heteroatoms. The molecule has 0 aliphatic carbocycles. The molecule has 162 valence electrons. The van der Waals surface area contributed by atoms with Gasteiger partial charge in [0.2, 0.25) is 5.75 Å². The van der Waals surface area contributed by atoms with Crippen LogP contribution in [0, 0.1) is 20.2 Å². The molecule has 0 atom stereocenters. The Bertz CT molecular complexity index is 1180. The smallest absolute Gasteiger partial charge is 0.343 e. The van der Waals surface area contributed by atoms with Gasteiger partial charge in [0.15, 0.2) is 0 Å². The van der Waals surface area contributed by atoms with Crippen LogP contribution >= 0.6 is 0 Å². The second-order valence-corrected chi connectivity index (χ2v) is 6.28. The second-order valence-electron chi connectivity index (χ2n) is 6.28. The van der Waals surface area contributed by atoms with Crippen molar-refractivity contribution in [2.24, 2.45) is 5.10 Å². The zero-order valence-electron chi connectivity index (χ0n) is 16.6. The fourth-order valence-electron chi connectivity index (χ4n) is 2.57. The molecule has 3 rings (SSSR count). The molecule has 0 aromatic heterocycles. The van der Waals surface area contributed by atoms with E-state index in [4.69, 9.17) is 9.47 Å². The van der Waals surface area contributed by atoms with Crippen molar-refractivity contribution in [2.45, 2.75) is 0 Å². The van der Waals surface area contributed by atoms with E-state index in [1.165, 1.54) is 67.9 Å². The van der Waals surface area contributed by atoms with Gasteiger partial charge in [-0.25, -0.2) is 4.79 Å². The summed E-state index contributed by atoms with van der Waals surface area (Å²) in [5.74, 6) is -0.410. The molecule has 0 bridgehead atoms. The largest absolute Gasteiger partial charge is 0.497 e. The number of hydrogen-bond donors (Lipinski definition) is 1. The first-order chi connectivity index (χ1) is 15.4. The quantitative estimate of drug-likeness (QED) is 0.182. The number of methoxy groups -OCH3 is 1. The van der Waals surface area contributed by atoms with Gasteiger partial charge in [0.25, 0.3) is 5.69 Å². The van der Waals surface area contributed by atoms with Crippen LogP contribution in [0.15, 0.2) is 71.8 Å². The number of ether oxygens (including phenoxy) is 2. The Labute approximate surface area is 181 Å². The molecule has 3 aromatic rings. The molecular formula is C21H16N4O7. The highest BCUT2D eigenvalue weighted by molar-refractivity contribution is 5.92. The Balaban J connectivity index is 1.72. The lowest BCUT2D eigenvalue weighted by Crippen LogP contribution is -2.10. The van der Waals surface area contributed by atoms with Crippen LogP contribution in [-0.2, 0) is 0 Å². The predicted octanol–water partition coefficient (Wildman–Crippen LogP) is 4.18. The van der Waals surface area contributed by atoms with Crippen LogP contribution in [0.5, 0.6) is 11.5 Å². The zero-order chi connectivity index (χ0) is 23.1. The summed E-state index contributed by atoms with van der Waals surface area (Å²) in [4.78, 5) is 33.2. The third-order valence-corrected chi connectivity index (χ3v) is 4.19. The van der Waals surface area contributed by atoms with Crippen LogP contribution in [0.4, 0.5) is 17.1 Å². The van der Waals surface area contributed by atoms with E-state index in [1.807, 2.05) is 0 Å². The molecule has 32 heavy (non-hydrogen) atoms. The molecule has 0 saturated carbocycles. The fourth-order valence-corrected chi connectivity index (χ4v) is 2.57. The SMILES string of the molecule is COc1ccc(C(=O)Oc2ccc(C=NNc3ccc([N+](=O)[O-])cc3)cc2[N+](=O)[O-])cc1. The fraction of sp³-hybridized carbons (Fsp3) is 0.0476. The molecule has 0 fully saturated rings. The number of carbonyl (C=O) groups excluding carboxylic acids is 1. The summed E-state index contributed by atoms with van der Waals surface area (Å²) in [6.45, 7) is 0. The third kappa shape index (κ3) is 5.42. The summed E-state index contributed by atoms with van der Waals surface area (Å²) in [6, 6.07) is 15.7. The maximum atomic E-state index is 12.3. The Kier molecular flexibility index (Phi) is 6.71. The Morgan fingerprint density at radius 3 is 2.25 bits per heavy atom. The maximum absolute atomic E-state index is 12.3. The number of carbonyl (C=O) groups is 1. The minimum absolute atomic E-state index is 0.0602. The average molecular weight is 436 g/mol. The van der Waals surface area contributed by atoms with Gasteiger partial charge >= 0.3 is 11.7 Å². The molecule has 0 saturated heterocycles. The highest BCUT2D eigenvalue weighted by atomic mass is 16.6. The van der Waals surface area contributed by atoms with Crippen molar-refractivity contribution < 1.29 is 24.1 Å². The van der Waals surface area contributed by atoms with Gasteiger partial charge in [-0.05, 0) is 48.5 Å². The van der Waals surface area contributed by atoms with Crippen molar-refractivity contribution in [3.05, 3.63) is 98.1 Å². The molecule has 0 amide bonds. The molecule has 0 spiro atoms. The van der Waals surface area contributed by atoms with Crippen LogP contribution in [-0.4, -0.2) is 29.1 Å². The molecule has 0 aliphatic rings. The van der Waals surface area contributed by atoms with Crippen molar-refractivity contribution in [3.63, 3.8) is 0 Å². The number of rotatable bonds is 8. The lowest BCUT2D eigenvalue weighted by Gasteiger charge is -2.06. The van der Waals surface area contributed by atoms with E-state index in [-0.39, 0.29) is 17.0 Å². The van der Waals surface area contributed by atoms with Crippen LogP contribution in [0.2, 0.25) is 0 Å². The first kappa shape index (κ1) is 21.9. The standard InChI is InChI=1S/C21H16N4O7/c1-31-18-9-3-15(4-10-18)21(26)32-20-11-2-14(12-19(20)25(29)30)13-22-23-16-5-7-17(8-6-16)24(27)28/h2-13,23H,1H3. The van der Waals surface area contributed by atoms with E-state index in [9.17, 15) is 25.0 Å². The summed E-state index contributed by atoms with van der Waals surface area (Å²) >= 11 is 0. The van der Waals surface area contributed by atoms with Crippen LogP contribution < -0.4 is 14.9 Å². The number of nitro benzene ring substituents is 2. The monoisotopic (exact) mass is 436 g/mol. The van der Waals surface area contributed by atoms with Crippen molar-refractivity contribution >= 4 is 29.2 Å². The van der Waals surface area contributed by atoms with E-state index < -0.39 is 21.5 Å². The van der Waals surface area contributed by atoms with E-state index in [0.717, 1.165) is 0 Å². The van der Waals surface area contributed by atoms with Crippen molar-refractivity contribution in [3.8, 4) is 11.5 Å². The topological polar surface area (TPSA) is 146 Å². The summed E-state index contributed by atoms with van der Waals surface area (Å²) in [7, 11) is 1.49. The van der Waals surface area contributed by atoms with Crippen molar-refractivity contribution in [2.75, 3.05) is 12.5 Å². The lowest BCUT2D eigenvalue weighted by atomic mass is 10.2. The summed E-state index contributed by atoms with van der Waals surface area (Å²) in [5, 5.41) is 26.1. The molecule has 0 aliphatic heterocycles. The van der Waals surface area contributed by atoms with Gasteiger partial charge in [-0.3, -0.25) is 25.7 Å². The van der Waals surface area contributed by atoms with Gasteiger partial charge in [0, 0.05) is 23.8 Å². The first-order valence-electron chi connectivity index (χ1n) is 9.05. The van der Waals surface area contributed by atoms with Crippen LogP contribution in [0.1, 0.15) is 15.9 Å². The molecule has 1 N–H and O–H groups in total. The van der Waals surface area contributed by atoms with E-state index in [0.29, 0.717) is 17.0 Å². The Morgan fingerprint density at radius 1 is 0.969 bits per heavy atom. The number of hydrogen-bond acceptors (Lipinski definition) is 9. The molecule has 3 aromatic carbocycles. The lowest BCUT2D eigenvalue weighted by molar-refractivity contribution is -0.385. The number of nitro groups is 2. The van der Waals surface area contributed by atoms with Gasteiger partial charge in [0.05, 0.1) is 34.4 Å². The predicted molar refractivity (Wildman–Crippen MR) is 115 cm³/mol. The van der Waals surface area contributed by atoms with Crippen LogP contribution in [0.25, 0.3) is 0 Å². The average Bonchev–Trinajstić information content (AvgIpc) is 2.80. The number of esters is 1. The summed E-state index contributed by atoms with van der Waals surface area (Å²) in [5.41, 5.74) is 3.27. The molecule has 0 unspecified atom stereocenters. The van der Waals surface area contributed by atoms with Gasteiger partial charge in [-0.15, -0.1) is 0 Å². The minimum Gasteiger partial charge on any atom is -0.497 e. The number of hydrazone groups is 1. The maximum Gasteiger partial charge on any atom is 0.343 e. The van der Waals surface area contributed by atoms with Gasteiger partial charge < -0.3 is 9.47 Å². The van der Waals surface area contributed by atoms with E-state index in [1.54, 1.807) is 12.1 Å². The molecule has 0 radical (unpaired) electrons. The number of anilines is 1. The van der Waals surface area contributed by atoms with Crippen molar-refractivity contribution in [1.29, 1.82) is 0 Å². The van der Waals surface area contributed by atoms with Gasteiger partial charge in [0.1, 0.15) is 5.75 Å². The number of benzene rings is 3. The van der Waals surface area contributed by atoms with E-state index >= 15 is 0 Å². The van der Waals surface area contributed by atoms with E-state index in [2.05, 4.69) is 10.5 Å². The number of non-ortho nitro benzene ring substituents is 1.